The minimum absolute atomic E-state index is 0.0450. The minimum Gasteiger partial charge on any atom is -0.339 e. The van der Waals surface area contributed by atoms with Gasteiger partial charge in [0, 0.05) is 31.0 Å². The van der Waals surface area contributed by atoms with Crippen molar-refractivity contribution in [2.45, 2.75) is 56.0 Å². The van der Waals surface area contributed by atoms with Gasteiger partial charge in [0.25, 0.3) is 10.0 Å². The van der Waals surface area contributed by atoms with Crippen LogP contribution in [0.2, 0.25) is 0 Å². The van der Waals surface area contributed by atoms with Crippen LogP contribution in [0.25, 0.3) is 0 Å². The summed E-state index contributed by atoms with van der Waals surface area (Å²) in [4.78, 5) is 20.1. The number of piperidine rings is 1. The van der Waals surface area contributed by atoms with Crippen LogP contribution in [0.4, 0.5) is 0 Å². The molecule has 1 amide bonds. The number of rotatable bonds is 6. The molecule has 4 rings (SSSR count). The van der Waals surface area contributed by atoms with Gasteiger partial charge in [0.1, 0.15) is 11.9 Å². The number of nitrogens with zero attached hydrogens (tertiary/aromatic N) is 4. The Morgan fingerprint density at radius 1 is 1.33 bits per heavy atom. The summed E-state index contributed by atoms with van der Waals surface area (Å²) in [6.07, 6.45) is 7.93. The van der Waals surface area contributed by atoms with E-state index in [9.17, 15) is 13.2 Å². The Balaban J connectivity index is 1.58. The lowest BCUT2D eigenvalue weighted by atomic mass is 10.0. The number of aromatic nitrogens is 2. The van der Waals surface area contributed by atoms with Crippen LogP contribution in [0.1, 0.15) is 50.6 Å². The maximum atomic E-state index is 13.4. The predicted octanol–water partition coefficient (Wildman–Crippen LogP) is 2.34. The molecule has 0 saturated carbocycles. The third kappa shape index (κ3) is 4.12. The highest BCUT2D eigenvalue weighted by Gasteiger charge is 2.34. The number of carbonyl (C=O) groups excluding carboxylic acids is 1. The average molecular weight is 430 g/mol. The van der Waals surface area contributed by atoms with E-state index in [1.807, 2.05) is 21.8 Å². The lowest BCUT2D eigenvalue weighted by Crippen LogP contribution is -2.45. The van der Waals surface area contributed by atoms with Crippen molar-refractivity contribution in [2.75, 3.05) is 13.1 Å². The van der Waals surface area contributed by atoms with Crippen molar-refractivity contribution in [2.24, 2.45) is 4.99 Å². The van der Waals surface area contributed by atoms with Gasteiger partial charge in [-0.3, -0.25) is 19.2 Å². The van der Waals surface area contributed by atoms with Gasteiger partial charge in [0.15, 0.2) is 0 Å². The van der Waals surface area contributed by atoms with E-state index in [0.29, 0.717) is 25.1 Å². The number of sulfonamides is 1. The van der Waals surface area contributed by atoms with Crippen LogP contribution >= 0.6 is 0 Å². The van der Waals surface area contributed by atoms with Crippen molar-refractivity contribution in [3.63, 3.8) is 0 Å². The van der Waals surface area contributed by atoms with E-state index < -0.39 is 16.1 Å². The zero-order valence-corrected chi connectivity index (χ0v) is 17.9. The highest BCUT2D eigenvalue weighted by Crippen LogP contribution is 2.25. The second kappa shape index (κ2) is 8.59. The maximum Gasteiger partial charge on any atom is 0.263 e. The van der Waals surface area contributed by atoms with Gasteiger partial charge < -0.3 is 4.90 Å². The number of amidine groups is 1. The standard InChI is InChI=1S/C21H27N5O3S/c1-2-3-10-18(23-20-17-9-4-5-11-19(17)30(28,29)24-20)21(27)25-13-6-8-16(15-25)26-14-7-12-22-26/h4-5,7,9,11-12,14,16,18H,2-3,6,8,10,13,15H2,1H3,(H,23,24)/t16-,18+/m1/s1. The Labute approximate surface area is 177 Å². The number of aliphatic imine (C=N–C) groups is 1. The summed E-state index contributed by atoms with van der Waals surface area (Å²) >= 11 is 0. The molecule has 9 heteroatoms. The summed E-state index contributed by atoms with van der Waals surface area (Å²) in [6.45, 7) is 3.35. The molecule has 0 bridgehead atoms. The molecule has 1 saturated heterocycles. The first kappa shape index (κ1) is 20.6. The summed E-state index contributed by atoms with van der Waals surface area (Å²) in [5.41, 5.74) is 0.528. The number of likely N-dealkylation sites (tertiary alicyclic amines) is 1. The van der Waals surface area contributed by atoms with E-state index in [-0.39, 0.29) is 22.7 Å². The SMILES string of the molecule is CCCC[C@H](N=C1NS(=O)(=O)c2ccccc21)C(=O)N1CCC[C@@H](n2cccn2)C1. The first-order chi connectivity index (χ1) is 14.5. The molecule has 0 spiro atoms. The molecule has 3 heterocycles. The molecule has 1 aromatic carbocycles. The van der Waals surface area contributed by atoms with Gasteiger partial charge in [0.05, 0.1) is 10.9 Å². The lowest BCUT2D eigenvalue weighted by Gasteiger charge is -2.34. The number of fused-ring (bicyclic) bond motifs is 1. The number of hydrogen-bond acceptors (Lipinski definition) is 5. The summed E-state index contributed by atoms with van der Waals surface area (Å²) < 4.78 is 29.3. The molecule has 2 atom stereocenters. The first-order valence-corrected chi connectivity index (χ1v) is 12.0. The molecule has 8 nitrogen and oxygen atoms in total. The molecule has 1 fully saturated rings. The zero-order chi connectivity index (χ0) is 21.1. The van der Waals surface area contributed by atoms with Crippen LogP contribution < -0.4 is 4.72 Å². The number of benzene rings is 1. The Kier molecular flexibility index (Phi) is 5.90. The quantitative estimate of drug-likeness (QED) is 0.762. The molecular formula is C21H27N5O3S. The number of hydrogen-bond donors (Lipinski definition) is 1. The molecule has 0 aliphatic carbocycles. The van der Waals surface area contributed by atoms with E-state index >= 15 is 0 Å². The van der Waals surface area contributed by atoms with Gasteiger partial charge in [-0.1, -0.05) is 31.9 Å². The van der Waals surface area contributed by atoms with Crippen molar-refractivity contribution < 1.29 is 13.2 Å². The zero-order valence-electron chi connectivity index (χ0n) is 17.1. The Hall–Kier alpha value is -2.68. The second-order valence-electron chi connectivity index (χ2n) is 7.80. The lowest BCUT2D eigenvalue weighted by molar-refractivity contribution is -0.134. The van der Waals surface area contributed by atoms with Crippen LogP contribution in [0.3, 0.4) is 0 Å². The Morgan fingerprint density at radius 3 is 2.93 bits per heavy atom. The second-order valence-corrected chi connectivity index (χ2v) is 9.45. The summed E-state index contributed by atoms with van der Waals surface area (Å²) in [5.74, 6) is 0.220. The fourth-order valence-corrected chi connectivity index (χ4v) is 5.34. The number of amides is 1. The van der Waals surface area contributed by atoms with E-state index in [1.165, 1.54) is 0 Å². The predicted molar refractivity (Wildman–Crippen MR) is 114 cm³/mol. The highest BCUT2D eigenvalue weighted by molar-refractivity contribution is 7.90. The van der Waals surface area contributed by atoms with Gasteiger partial charge in [-0.15, -0.1) is 0 Å². The van der Waals surface area contributed by atoms with Gasteiger partial charge in [-0.2, -0.15) is 5.10 Å². The summed E-state index contributed by atoms with van der Waals surface area (Å²) in [6, 6.07) is 8.18. The van der Waals surface area contributed by atoms with E-state index in [4.69, 9.17) is 0 Å². The molecule has 1 N–H and O–H groups in total. The third-order valence-corrected chi connectivity index (χ3v) is 7.07. The van der Waals surface area contributed by atoms with Gasteiger partial charge in [-0.05, 0) is 37.5 Å². The normalized spacial score (nSPS) is 22.5. The average Bonchev–Trinajstić information content (AvgIpc) is 3.38. The van der Waals surface area contributed by atoms with Crippen molar-refractivity contribution in [3.05, 3.63) is 48.3 Å². The van der Waals surface area contributed by atoms with Gasteiger partial charge in [-0.25, -0.2) is 8.42 Å². The van der Waals surface area contributed by atoms with Crippen LogP contribution in [-0.2, 0) is 14.8 Å². The molecule has 0 radical (unpaired) electrons. The smallest absolute Gasteiger partial charge is 0.263 e. The Morgan fingerprint density at radius 2 is 2.17 bits per heavy atom. The Bertz CT molecular complexity index is 1030. The van der Waals surface area contributed by atoms with Gasteiger partial charge in [0.2, 0.25) is 5.91 Å². The monoisotopic (exact) mass is 429 g/mol. The maximum absolute atomic E-state index is 13.4. The first-order valence-electron chi connectivity index (χ1n) is 10.5. The third-order valence-electron chi connectivity index (χ3n) is 5.67. The summed E-state index contributed by atoms with van der Waals surface area (Å²) in [7, 11) is -3.63. The van der Waals surface area contributed by atoms with Crippen molar-refractivity contribution in [1.82, 2.24) is 19.4 Å². The molecule has 1 aromatic heterocycles. The van der Waals surface area contributed by atoms with Crippen LogP contribution in [-0.4, -0.2) is 54.0 Å². The fraction of sp³-hybridized carbons (Fsp3) is 0.476. The summed E-state index contributed by atoms with van der Waals surface area (Å²) in [5, 5.41) is 4.33. The van der Waals surface area contributed by atoms with Crippen LogP contribution in [0, 0.1) is 0 Å². The molecule has 2 aliphatic rings. The van der Waals surface area contributed by atoms with Gasteiger partial charge >= 0.3 is 0 Å². The van der Waals surface area contributed by atoms with Crippen molar-refractivity contribution >= 4 is 21.8 Å². The minimum atomic E-state index is -3.63. The van der Waals surface area contributed by atoms with Crippen LogP contribution in [0.5, 0.6) is 0 Å². The largest absolute Gasteiger partial charge is 0.339 e. The van der Waals surface area contributed by atoms with E-state index in [0.717, 1.165) is 25.7 Å². The van der Waals surface area contributed by atoms with Crippen LogP contribution in [0.15, 0.2) is 52.6 Å². The fourth-order valence-electron chi connectivity index (χ4n) is 4.10. The molecular weight excluding hydrogens is 402 g/mol. The molecule has 160 valence electrons. The highest BCUT2D eigenvalue weighted by atomic mass is 32.2. The van der Waals surface area contributed by atoms with E-state index in [1.54, 1.807) is 30.5 Å². The molecule has 30 heavy (non-hydrogen) atoms. The molecule has 2 aliphatic heterocycles. The van der Waals surface area contributed by atoms with Crippen molar-refractivity contribution in [1.29, 1.82) is 0 Å². The molecule has 0 unspecified atom stereocenters. The van der Waals surface area contributed by atoms with Crippen molar-refractivity contribution in [3.8, 4) is 0 Å². The topological polar surface area (TPSA) is 96.7 Å². The number of carbonyl (C=O) groups is 1. The van der Waals surface area contributed by atoms with E-state index in [2.05, 4.69) is 21.7 Å². The number of unbranched alkanes of at least 4 members (excludes halogenated alkanes) is 1. The number of nitrogens with one attached hydrogen (secondary N) is 1. The molecule has 2 aromatic rings.